The monoisotopic (exact) mass is 214 g/mol. The number of H-pyrrole nitrogens is 1. The zero-order valence-electron chi connectivity index (χ0n) is 8.01. The van der Waals surface area contributed by atoms with Gasteiger partial charge in [0.15, 0.2) is 5.69 Å². The molecule has 0 saturated carbocycles. The minimum absolute atomic E-state index is 0.241. The summed E-state index contributed by atoms with van der Waals surface area (Å²) in [6.45, 7) is 0.401. The lowest BCUT2D eigenvalue weighted by Crippen LogP contribution is -2.45. The molecule has 1 aliphatic carbocycles. The second-order valence-corrected chi connectivity index (χ2v) is 4.15. The summed E-state index contributed by atoms with van der Waals surface area (Å²) in [4.78, 5) is 11.0. The van der Waals surface area contributed by atoms with Gasteiger partial charge in [0.25, 0.3) is 0 Å². The highest BCUT2D eigenvalue weighted by atomic mass is 16.6. The van der Waals surface area contributed by atoms with E-state index in [1.54, 1.807) is 0 Å². The van der Waals surface area contributed by atoms with Gasteiger partial charge in [0.2, 0.25) is 5.76 Å². The molecule has 0 radical (unpaired) electrons. The molecule has 3 rings (SSSR count). The molecule has 0 aromatic carbocycles. The molecule has 1 saturated heterocycles. The highest BCUT2D eigenvalue weighted by Gasteiger charge is 2.54. The van der Waals surface area contributed by atoms with E-state index in [-0.39, 0.29) is 10.8 Å². The van der Waals surface area contributed by atoms with Crippen LogP contribution in [0.15, 0.2) is 4.52 Å². The van der Waals surface area contributed by atoms with Crippen LogP contribution in [-0.4, -0.2) is 33.1 Å². The van der Waals surface area contributed by atoms with Gasteiger partial charge in [-0.15, -0.1) is 0 Å². The maximum Gasteiger partial charge on any atom is 0.367 e. The normalized spacial score (nSPS) is 35.2. The van der Waals surface area contributed by atoms with Gasteiger partial charge >= 0.3 is 4.71 Å². The molecule has 1 fully saturated rings. The van der Waals surface area contributed by atoms with Crippen molar-refractivity contribution >= 4 is 0 Å². The summed E-state index contributed by atoms with van der Waals surface area (Å²) in [5, 5.41) is 23.5. The lowest BCUT2D eigenvalue weighted by atomic mass is 9.82. The smallest absolute Gasteiger partial charge is 0.367 e. The van der Waals surface area contributed by atoms with Gasteiger partial charge in [-0.2, -0.15) is 9.59 Å². The summed E-state index contributed by atoms with van der Waals surface area (Å²) in [7, 11) is 0. The minimum atomic E-state index is -1.18. The number of hydroxylamine groups is 2. The molecule has 1 aromatic rings. The van der Waals surface area contributed by atoms with E-state index < -0.39 is 5.60 Å². The molecule has 82 valence electrons. The zero-order valence-corrected chi connectivity index (χ0v) is 8.01. The van der Waals surface area contributed by atoms with Crippen LogP contribution in [0.1, 0.15) is 24.3 Å². The number of hydrogen-bond acceptors (Lipinski definition) is 5. The van der Waals surface area contributed by atoms with E-state index in [9.17, 15) is 15.2 Å². The van der Waals surface area contributed by atoms with Crippen LogP contribution in [0.4, 0.5) is 0 Å². The Bertz CT molecular complexity index is 453. The van der Waals surface area contributed by atoms with Crippen molar-refractivity contribution in [1.82, 2.24) is 10.2 Å². The van der Waals surface area contributed by atoms with Crippen molar-refractivity contribution in [2.45, 2.75) is 30.9 Å². The van der Waals surface area contributed by atoms with Gasteiger partial charge in [-0.25, -0.2) is 0 Å². The molecule has 0 amide bonds. The Morgan fingerprint density at radius 3 is 3.27 bits per heavy atom. The third kappa shape index (κ3) is 1.05. The Labute approximate surface area is 84.4 Å². The van der Waals surface area contributed by atoms with E-state index in [2.05, 4.69) is 5.10 Å². The van der Waals surface area contributed by atoms with E-state index in [4.69, 9.17) is 4.52 Å². The van der Waals surface area contributed by atoms with Crippen LogP contribution >= 0.6 is 0 Å². The van der Waals surface area contributed by atoms with E-state index >= 15 is 0 Å². The van der Waals surface area contributed by atoms with Crippen molar-refractivity contribution in [1.29, 1.82) is 0 Å². The van der Waals surface area contributed by atoms with Crippen molar-refractivity contribution in [3.63, 3.8) is 0 Å². The first-order valence-corrected chi connectivity index (χ1v) is 4.94. The summed E-state index contributed by atoms with van der Waals surface area (Å²) in [6.07, 6.45) is 1.53. The van der Waals surface area contributed by atoms with Gasteiger partial charge in [-0.1, -0.05) is 5.10 Å². The first-order chi connectivity index (χ1) is 7.11. The number of aliphatic hydroxyl groups is 1. The number of aromatic amines is 1. The molecule has 2 aliphatic rings. The molecule has 7 heteroatoms. The second kappa shape index (κ2) is 2.69. The van der Waals surface area contributed by atoms with Crippen molar-refractivity contribution in [2.24, 2.45) is 0 Å². The van der Waals surface area contributed by atoms with Crippen molar-refractivity contribution in [2.75, 3.05) is 6.54 Å². The number of aryl methyl sites for hydroxylation is 1. The molecule has 2 heterocycles. The standard InChI is InChI=1S/C8H12N3O4/c12-8-3-4-10(13)6(8)2-1-5-7(8)9-11(14)15-5/h6,12-13H,1-4H2,(H,9,14)/q+1/t6-,8+/m0/s1. The van der Waals surface area contributed by atoms with Gasteiger partial charge < -0.3 is 10.3 Å². The molecular weight excluding hydrogens is 202 g/mol. The molecule has 2 atom stereocenters. The number of rotatable bonds is 0. The second-order valence-electron chi connectivity index (χ2n) is 4.15. The lowest BCUT2D eigenvalue weighted by molar-refractivity contribution is -0.753. The Morgan fingerprint density at radius 2 is 2.47 bits per heavy atom. The number of hydrogen-bond donors (Lipinski definition) is 3. The van der Waals surface area contributed by atoms with E-state index in [0.29, 0.717) is 37.3 Å². The quantitative estimate of drug-likeness (QED) is 0.521. The summed E-state index contributed by atoms with van der Waals surface area (Å²) in [5.41, 5.74) is -0.771. The molecule has 1 aromatic heterocycles. The van der Waals surface area contributed by atoms with Gasteiger partial charge in [0.1, 0.15) is 10.5 Å². The topological polar surface area (TPSA) is 95.6 Å². The zero-order chi connectivity index (χ0) is 10.6. The highest BCUT2D eigenvalue weighted by molar-refractivity contribution is 5.23. The van der Waals surface area contributed by atoms with Crippen molar-refractivity contribution in [3.05, 3.63) is 16.4 Å². The van der Waals surface area contributed by atoms with Crippen LogP contribution in [-0.2, 0) is 12.0 Å². The maximum absolute atomic E-state index is 11.0. The van der Waals surface area contributed by atoms with Crippen LogP contribution in [0.2, 0.25) is 0 Å². The Kier molecular flexibility index (Phi) is 1.63. The lowest BCUT2D eigenvalue weighted by Gasteiger charge is -2.32. The van der Waals surface area contributed by atoms with Crippen molar-refractivity contribution < 1.29 is 19.6 Å². The third-order valence-corrected chi connectivity index (χ3v) is 3.39. The van der Waals surface area contributed by atoms with E-state index in [1.165, 1.54) is 0 Å². The molecule has 15 heavy (non-hydrogen) atoms. The van der Waals surface area contributed by atoms with E-state index in [0.717, 1.165) is 5.06 Å². The molecule has 0 unspecified atom stereocenters. The molecule has 0 bridgehead atoms. The highest BCUT2D eigenvalue weighted by Crippen LogP contribution is 2.42. The fourth-order valence-electron chi connectivity index (χ4n) is 2.63. The summed E-state index contributed by atoms with van der Waals surface area (Å²) < 4.78 is 5.10. The molecule has 1 aliphatic heterocycles. The first kappa shape index (κ1) is 9.08. The summed E-state index contributed by atoms with van der Waals surface area (Å²) in [6, 6.07) is -0.348. The molecule has 7 nitrogen and oxygen atoms in total. The Hall–Kier alpha value is -1.18. The fourth-order valence-corrected chi connectivity index (χ4v) is 2.63. The Balaban J connectivity index is 2.15. The summed E-state index contributed by atoms with van der Waals surface area (Å²) in [5.74, 6) is 0.485. The van der Waals surface area contributed by atoms with Gasteiger partial charge in [-0.05, 0) is 12.8 Å². The maximum atomic E-state index is 11.0. The average molecular weight is 214 g/mol. The van der Waals surface area contributed by atoms with Gasteiger partial charge in [-0.3, -0.25) is 0 Å². The van der Waals surface area contributed by atoms with E-state index in [1.807, 2.05) is 0 Å². The number of aromatic nitrogens is 2. The molecule has 3 N–H and O–H groups in total. The first-order valence-electron chi connectivity index (χ1n) is 4.94. The van der Waals surface area contributed by atoms with Crippen molar-refractivity contribution in [3.8, 4) is 0 Å². The fraction of sp³-hybridized carbons (Fsp3) is 0.750. The number of fused-ring (bicyclic) bond motifs is 3. The predicted molar refractivity (Wildman–Crippen MR) is 45.5 cm³/mol. The average Bonchev–Trinajstić information content (AvgIpc) is 2.69. The van der Waals surface area contributed by atoms with Gasteiger partial charge in [0, 0.05) is 13.0 Å². The number of nitrogens with one attached hydrogen (secondary N) is 1. The Morgan fingerprint density at radius 1 is 1.67 bits per heavy atom. The van der Waals surface area contributed by atoms with Crippen LogP contribution in [0.5, 0.6) is 0 Å². The molecular formula is C8H12N3O4+. The van der Waals surface area contributed by atoms with Crippen LogP contribution in [0.25, 0.3) is 0 Å². The SMILES string of the molecule is O=[n+]1[nH]c2c(o1)CC[C@@H]1N(O)CC[C@]21O. The molecule has 0 spiro atoms. The largest absolute Gasteiger partial charge is 0.381 e. The van der Waals surface area contributed by atoms with Crippen LogP contribution in [0, 0.1) is 4.91 Å². The minimum Gasteiger partial charge on any atom is -0.381 e. The van der Waals surface area contributed by atoms with Gasteiger partial charge in [0.05, 0.1) is 6.04 Å². The number of nitrogens with zero attached hydrogens (tertiary/aromatic N) is 2. The predicted octanol–water partition coefficient (Wildman–Crippen LogP) is -0.881. The van der Waals surface area contributed by atoms with Crippen LogP contribution < -0.4 is 4.71 Å². The summed E-state index contributed by atoms with van der Waals surface area (Å²) >= 11 is 0. The van der Waals surface area contributed by atoms with Crippen LogP contribution in [0.3, 0.4) is 0 Å². The third-order valence-electron chi connectivity index (χ3n) is 3.39.